The summed E-state index contributed by atoms with van der Waals surface area (Å²) in [4.78, 5) is 27.4. The van der Waals surface area contributed by atoms with Crippen molar-refractivity contribution < 1.29 is 26.7 Å². The first-order valence-electron chi connectivity index (χ1n) is 10.5. The molecule has 1 N–H and O–H groups in total. The fourth-order valence-corrected chi connectivity index (χ4v) is 4.62. The van der Waals surface area contributed by atoms with E-state index in [-0.39, 0.29) is 35.3 Å². The summed E-state index contributed by atoms with van der Waals surface area (Å²) in [6.07, 6.45) is 0.592. The van der Waals surface area contributed by atoms with E-state index < -0.39 is 29.7 Å². The standard InChI is InChI=1S/C22H19F5N6OS/c1-12-2-4-18(33(12)35-19-5-3-15(23)10-29-19)20(34)30-7-13-6-17(28-11-16(13)24)14-8-31-21(32-9-14)22(25,26)27/h3,5-6,8-12,18H,2,4,7H2,1H3,(H,30,34)/t12-,18-/m0/s1. The van der Waals surface area contributed by atoms with Gasteiger partial charge in [0.25, 0.3) is 0 Å². The zero-order valence-corrected chi connectivity index (χ0v) is 19.1. The van der Waals surface area contributed by atoms with Crippen LogP contribution in [-0.2, 0) is 17.5 Å². The predicted octanol–water partition coefficient (Wildman–Crippen LogP) is 4.41. The molecule has 0 spiro atoms. The first-order chi connectivity index (χ1) is 16.6. The lowest BCUT2D eigenvalue weighted by atomic mass is 10.1. The van der Waals surface area contributed by atoms with E-state index in [1.165, 1.54) is 30.1 Å². The van der Waals surface area contributed by atoms with Gasteiger partial charge in [0.15, 0.2) is 0 Å². The van der Waals surface area contributed by atoms with Gasteiger partial charge in [0.2, 0.25) is 11.7 Å². The Morgan fingerprint density at radius 2 is 1.83 bits per heavy atom. The molecule has 3 aromatic rings. The Hall–Kier alpha value is -3.19. The SMILES string of the molecule is C[C@H]1CC[C@@H](C(=O)NCc2cc(-c3cnc(C(F)(F)F)nc3)ncc2F)N1Sc1ccc(F)cn1. The van der Waals surface area contributed by atoms with Gasteiger partial charge >= 0.3 is 6.18 Å². The zero-order valence-electron chi connectivity index (χ0n) is 18.3. The molecule has 1 aliphatic rings. The molecule has 1 amide bonds. The van der Waals surface area contributed by atoms with E-state index in [1.54, 1.807) is 0 Å². The molecule has 3 aromatic heterocycles. The van der Waals surface area contributed by atoms with Crippen LogP contribution >= 0.6 is 11.9 Å². The average Bonchev–Trinajstić information content (AvgIpc) is 3.19. The lowest BCUT2D eigenvalue weighted by molar-refractivity contribution is -0.145. The lowest BCUT2D eigenvalue weighted by Crippen LogP contribution is -2.41. The van der Waals surface area contributed by atoms with Gasteiger partial charge in [0.1, 0.15) is 16.7 Å². The van der Waals surface area contributed by atoms with Crippen LogP contribution in [0.1, 0.15) is 31.2 Å². The number of pyridine rings is 2. The monoisotopic (exact) mass is 510 g/mol. The Morgan fingerprint density at radius 3 is 2.49 bits per heavy atom. The topological polar surface area (TPSA) is 83.9 Å². The van der Waals surface area contributed by atoms with Gasteiger partial charge in [-0.3, -0.25) is 9.78 Å². The lowest BCUT2D eigenvalue weighted by Gasteiger charge is -2.25. The smallest absolute Gasteiger partial charge is 0.351 e. The molecule has 1 aliphatic heterocycles. The minimum absolute atomic E-state index is 0.0616. The third-order valence-electron chi connectivity index (χ3n) is 5.39. The van der Waals surface area contributed by atoms with E-state index in [0.717, 1.165) is 31.2 Å². The van der Waals surface area contributed by atoms with E-state index in [0.29, 0.717) is 11.4 Å². The van der Waals surface area contributed by atoms with Gasteiger partial charge in [-0.05, 0) is 49.9 Å². The molecule has 0 radical (unpaired) electrons. The summed E-state index contributed by atoms with van der Waals surface area (Å²) in [5, 5.41) is 3.26. The van der Waals surface area contributed by atoms with Crippen molar-refractivity contribution in [3.8, 4) is 11.3 Å². The summed E-state index contributed by atoms with van der Waals surface area (Å²) >= 11 is 1.25. The van der Waals surface area contributed by atoms with E-state index in [4.69, 9.17) is 0 Å². The number of nitrogens with zero attached hydrogens (tertiary/aromatic N) is 5. The van der Waals surface area contributed by atoms with E-state index >= 15 is 0 Å². The van der Waals surface area contributed by atoms with Crippen LogP contribution in [0.5, 0.6) is 0 Å². The van der Waals surface area contributed by atoms with Gasteiger partial charge in [0.05, 0.1) is 24.1 Å². The molecule has 0 aromatic carbocycles. The highest BCUT2D eigenvalue weighted by atomic mass is 32.2. The molecule has 0 aliphatic carbocycles. The van der Waals surface area contributed by atoms with Crippen molar-refractivity contribution in [1.29, 1.82) is 0 Å². The van der Waals surface area contributed by atoms with Gasteiger partial charge in [-0.1, -0.05) is 0 Å². The van der Waals surface area contributed by atoms with Crippen LogP contribution in [0.15, 0.2) is 48.0 Å². The van der Waals surface area contributed by atoms with E-state index in [1.807, 2.05) is 11.2 Å². The van der Waals surface area contributed by atoms with Crippen molar-refractivity contribution in [3.63, 3.8) is 0 Å². The molecule has 0 saturated carbocycles. The maximum Gasteiger partial charge on any atom is 0.451 e. The highest BCUT2D eigenvalue weighted by Gasteiger charge is 2.37. The van der Waals surface area contributed by atoms with Crippen LogP contribution in [0, 0.1) is 11.6 Å². The quantitative estimate of drug-likeness (QED) is 0.389. The Morgan fingerprint density at radius 1 is 1.09 bits per heavy atom. The fourth-order valence-electron chi connectivity index (χ4n) is 3.57. The number of rotatable bonds is 6. The summed E-state index contributed by atoms with van der Waals surface area (Å²) < 4.78 is 67.4. The van der Waals surface area contributed by atoms with Gasteiger partial charge in [-0.25, -0.2) is 28.0 Å². The van der Waals surface area contributed by atoms with Crippen LogP contribution in [0.4, 0.5) is 22.0 Å². The number of carbonyl (C=O) groups excluding carboxylic acids is 1. The minimum Gasteiger partial charge on any atom is -0.351 e. The molecule has 2 atom stereocenters. The first-order valence-corrected chi connectivity index (χ1v) is 11.3. The molecule has 7 nitrogen and oxygen atoms in total. The second-order valence-corrected chi connectivity index (χ2v) is 8.90. The van der Waals surface area contributed by atoms with Crippen molar-refractivity contribution >= 4 is 17.9 Å². The van der Waals surface area contributed by atoms with Crippen molar-refractivity contribution in [1.82, 2.24) is 29.6 Å². The number of hydrogen-bond acceptors (Lipinski definition) is 7. The Labute approximate surface area is 201 Å². The Balaban J connectivity index is 1.44. The highest BCUT2D eigenvalue weighted by molar-refractivity contribution is 7.97. The number of amides is 1. The number of nitrogens with one attached hydrogen (secondary N) is 1. The number of aromatic nitrogens is 4. The summed E-state index contributed by atoms with van der Waals surface area (Å²) in [5.74, 6) is -2.75. The van der Waals surface area contributed by atoms with E-state index in [9.17, 15) is 26.7 Å². The summed E-state index contributed by atoms with van der Waals surface area (Å²) in [5.41, 5.74) is 0.441. The molecule has 35 heavy (non-hydrogen) atoms. The normalized spacial score (nSPS) is 18.6. The third kappa shape index (κ3) is 5.90. The number of carbonyl (C=O) groups is 1. The summed E-state index contributed by atoms with van der Waals surface area (Å²) in [7, 11) is 0. The Kier molecular flexibility index (Phi) is 7.26. The second-order valence-electron chi connectivity index (χ2n) is 7.88. The van der Waals surface area contributed by atoms with Gasteiger partial charge in [-0.15, -0.1) is 0 Å². The van der Waals surface area contributed by atoms with Crippen LogP contribution in [0.25, 0.3) is 11.3 Å². The van der Waals surface area contributed by atoms with Crippen LogP contribution in [0.3, 0.4) is 0 Å². The number of halogens is 5. The average molecular weight is 510 g/mol. The summed E-state index contributed by atoms with van der Waals surface area (Å²) in [6.45, 7) is 1.81. The van der Waals surface area contributed by atoms with Crippen molar-refractivity contribution in [2.24, 2.45) is 0 Å². The van der Waals surface area contributed by atoms with Crippen LogP contribution in [-0.4, -0.2) is 42.2 Å². The Bertz CT molecular complexity index is 1190. The minimum atomic E-state index is -4.68. The molecule has 1 saturated heterocycles. The van der Waals surface area contributed by atoms with Crippen LogP contribution in [0.2, 0.25) is 0 Å². The fraction of sp³-hybridized carbons (Fsp3) is 0.318. The molecule has 4 heterocycles. The molecule has 4 rings (SSSR count). The van der Waals surface area contributed by atoms with Crippen molar-refractivity contribution in [2.75, 3.05) is 0 Å². The molecular weight excluding hydrogens is 491 g/mol. The molecular formula is C22H19F5N6OS. The third-order valence-corrected chi connectivity index (χ3v) is 6.64. The highest BCUT2D eigenvalue weighted by Crippen LogP contribution is 2.34. The number of alkyl halides is 3. The van der Waals surface area contributed by atoms with Gasteiger partial charge in [-0.2, -0.15) is 13.2 Å². The van der Waals surface area contributed by atoms with Crippen LogP contribution < -0.4 is 5.32 Å². The number of hydrogen-bond donors (Lipinski definition) is 1. The molecule has 1 fully saturated rings. The maximum atomic E-state index is 14.3. The van der Waals surface area contributed by atoms with Gasteiger partial charge < -0.3 is 5.32 Å². The summed E-state index contributed by atoms with van der Waals surface area (Å²) in [6, 6.07) is 3.70. The van der Waals surface area contributed by atoms with Gasteiger partial charge in [0, 0.05) is 36.1 Å². The molecule has 0 unspecified atom stereocenters. The largest absolute Gasteiger partial charge is 0.451 e. The van der Waals surface area contributed by atoms with Crippen molar-refractivity contribution in [2.45, 2.75) is 49.6 Å². The second kappa shape index (κ2) is 10.2. The van der Waals surface area contributed by atoms with E-state index in [2.05, 4.69) is 25.3 Å². The first kappa shape index (κ1) is 24.9. The van der Waals surface area contributed by atoms with Crippen molar-refractivity contribution in [3.05, 3.63) is 66.0 Å². The maximum absolute atomic E-state index is 14.3. The molecule has 0 bridgehead atoms. The zero-order chi connectivity index (χ0) is 25.2. The predicted molar refractivity (Wildman–Crippen MR) is 116 cm³/mol. The molecule has 13 heteroatoms. The molecule has 184 valence electrons.